The van der Waals surface area contributed by atoms with Gasteiger partial charge in [-0.2, -0.15) is 0 Å². The topological polar surface area (TPSA) is 173 Å². The Hall–Kier alpha value is -3.08. The van der Waals surface area contributed by atoms with Crippen LogP contribution in [-0.2, 0) is 38.2 Å². The predicted octanol–water partition coefficient (Wildman–Crippen LogP) is 3.30. The van der Waals surface area contributed by atoms with Crippen LogP contribution in [0.4, 0.5) is 0 Å². The molecule has 4 unspecified atom stereocenters. The number of nitrogens with one attached hydrogen (secondary N) is 1. The number of carbonyl (C=O) groups is 6. The average Bonchev–Trinajstić information content (AvgIpc) is 3.25. The Bertz CT molecular complexity index is 1250. The molecule has 4 aliphatic rings. The highest BCUT2D eigenvalue weighted by Crippen LogP contribution is 2.68. The number of carbonyl (C=O) groups excluding carboxylic acids is 5. The van der Waals surface area contributed by atoms with E-state index < -0.39 is 58.7 Å². The lowest BCUT2D eigenvalue weighted by Gasteiger charge is -2.59. The van der Waals surface area contributed by atoms with Crippen LogP contribution < -0.4 is 5.32 Å². The summed E-state index contributed by atoms with van der Waals surface area (Å²) in [5.74, 6) is -2.64. The van der Waals surface area contributed by atoms with E-state index in [9.17, 15) is 33.9 Å². The monoisotopic (exact) mass is 617 g/mol. The third-order valence-electron chi connectivity index (χ3n) is 11.5. The zero-order valence-corrected chi connectivity index (χ0v) is 26.5. The zero-order chi connectivity index (χ0) is 32.7. The minimum Gasteiger partial charge on any atom is -0.479 e. The number of hydrogen-bond donors (Lipinski definition) is 3. The number of hydrogen-bond acceptors (Lipinski definition) is 9. The molecule has 0 aromatic rings. The van der Waals surface area contributed by atoms with Crippen LogP contribution in [0.2, 0.25) is 0 Å². The van der Waals surface area contributed by atoms with Crippen molar-refractivity contribution in [2.24, 2.45) is 34.0 Å². The molecule has 0 heterocycles. The molecule has 244 valence electrons. The number of rotatable bonds is 11. The van der Waals surface area contributed by atoms with Crippen molar-refractivity contribution >= 4 is 35.4 Å². The van der Waals surface area contributed by atoms with Crippen LogP contribution in [0, 0.1) is 34.0 Å². The Kier molecular flexibility index (Phi) is 9.50. The first kappa shape index (κ1) is 33.8. The fourth-order valence-electron chi connectivity index (χ4n) is 8.88. The summed E-state index contributed by atoms with van der Waals surface area (Å²) in [6.07, 6.45) is 5.40. The summed E-state index contributed by atoms with van der Waals surface area (Å²) < 4.78 is 11.2. The van der Waals surface area contributed by atoms with Crippen molar-refractivity contribution in [1.29, 1.82) is 0 Å². The van der Waals surface area contributed by atoms with Crippen molar-refractivity contribution in [3.05, 3.63) is 11.6 Å². The Labute approximate surface area is 258 Å². The number of fused-ring (bicyclic) bond motifs is 5. The van der Waals surface area contributed by atoms with Crippen LogP contribution in [0.5, 0.6) is 0 Å². The number of esters is 2. The molecule has 7 atom stereocenters. The largest absolute Gasteiger partial charge is 0.479 e. The van der Waals surface area contributed by atoms with Gasteiger partial charge in [-0.3, -0.25) is 24.0 Å². The van der Waals surface area contributed by atoms with Gasteiger partial charge >= 0.3 is 17.9 Å². The van der Waals surface area contributed by atoms with Gasteiger partial charge in [0.05, 0.1) is 6.42 Å². The lowest BCUT2D eigenvalue weighted by atomic mass is 9.46. The van der Waals surface area contributed by atoms with E-state index in [2.05, 4.69) is 12.2 Å². The van der Waals surface area contributed by atoms with E-state index in [1.807, 2.05) is 13.0 Å². The molecule has 3 fully saturated rings. The summed E-state index contributed by atoms with van der Waals surface area (Å²) in [6, 6.07) is 0. The molecule has 0 aromatic heterocycles. The lowest BCUT2D eigenvalue weighted by Crippen LogP contribution is -2.59. The van der Waals surface area contributed by atoms with Gasteiger partial charge in [0.25, 0.3) is 0 Å². The molecule has 0 radical (unpaired) electrons. The van der Waals surface area contributed by atoms with E-state index in [0.29, 0.717) is 37.5 Å². The Morgan fingerprint density at radius 2 is 1.70 bits per heavy atom. The van der Waals surface area contributed by atoms with Crippen molar-refractivity contribution in [3.63, 3.8) is 0 Å². The Morgan fingerprint density at radius 1 is 1.02 bits per heavy atom. The van der Waals surface area contributed by atoms with Crippen LogP contribution in [0.3, 0.4) is 0 Å². The first-order valence-electron chi connectivity index (χ1n) is 15.8. The SMILES string of the molecule is CC(=O)O[C@]1(C(=O)COC(=O)CCC(=O)NCC(C)(C)C(O)C(=O)O)CCC2C3CCC4=CC(=O)CC[C@]4(C)C3CC[C@@]21C. The van der Waals surface area contributed by atoms with Crippen LogP contribution in [-0.4, -0.2) is 70.5 Å². The number of ketones is 2. The van der Waals surface area contributed by atoms with E-state index >= 15 is 0 Å². The molecule has 0 aromatic carbocycles. The van der Waals surface area contributed by atoms with E-state index in [-0.39, 0.29) is 36.5 Å². The number of ether oxygens (including phenoxy) is 2. The summed E-state index contributed by atoms with van der Waals surface area (Å²) in [5, 5.41) is 21.3. The molecule has 44 heavy (non-hydrogen) atoms. The van der Waals surface area contributed by atoms with Crippen molar-refractivity contribution in [3.8, 4) is 0 Å². The van der Waals surface area contributed by atoms with E-state index in [1.54, 1.807) is 0 Å². The van der Waals surface area contributed by atoms with Crippen molar-refractivity contribution in [1.82, 2.24) is 5.32 Å². The first-order chi connectivity index (χ1) is 20.5. The van der Waals surface area contributed by atoms with Gasteiger partial charge in [-0.05, 0) is 74.2 Å². The molecule has 4 aliphatic carbocycles. The highest BCUT2D eigenvalue weighted by atomic mass is 16.6. The summed E-state index contributed by atoms with van der Waals surface area (Å²) in [5.41, 5.74) is -1.96. The number of aliphatic carboxylic acids is 1. The smallest absolute Gasteiger partial charge is 0.333 e. The third-order valence-corrected chi connectivity index (χ3v) is 11.5. The third kappa shape index (κ3) is 6.08. The van der Waals surface area contributed by atoms with E-state index in [4.69, 9.17) is 14.6 Å². The maximum atomic E-state index is 13.9. The highest BCUT2D eigenvalue weighted by molar-refractivity contribution is 5.93. The van der Waals surface area contributed by atoms with Crippen molar-refractivity contribution < 1.29 is 48.5 Å². The number of aliphatic hydroxyl groups is 1. The number of aliphatic hydroxyl groups excluding tert-OH is 1. The molecular weight excluding hydrogens is 570 g/mol. The first-order valence-corrected chi connectivity index (χ1v) is 15.8. The van der Waals surface area contributed by atoms with Gasteiger partial charge in [0.1, 0.15) is 0 Å². The molecule has 11 nitrogen and oxygen atoms in total. The summed E-state index contributed by atoms with van der Waals surface area (Å²) in [7, 11) is 0. The van der Waals surface area contributed by atoms with Gasteiger partial charge < -0.3 is 25.0 Å². The van der Waals surface area contributed by atoms with Gasteiger partial charge in [0, 0.05) is 37.1 Å². The van der Waals surface area contributed by atoms with Crippen molar-refractivity contribution in [2.45, 2.75) is 111 Å². The van der Waals surface area contributed by atoms with Gasteiger partial charge in [0.15, 0.2) is 24.1 Å². The van der Waals surface area contributed by atoms with Crippen LogP contribution in [0.25, 0.3) is 0 Å². The minimum atomic E-state index is -1.68. The van der Waals surface area contributed by atoms with E-state index in [1.165, 1.54) is 26.3 Å². The van der Waals surface area contributed by atoms with Gasteiger partial charge in [-0.25, -0.2) is 4.79 Å². The summed E-state index contributed by atoms with van der Waals surface area (Å²) in [6.45, 7) is 7.90. The second-order valence-corrected chi connectivity index (χ2v) is 14.5. The average molecular weight is 618 g/mol. The molecule has 11 heteroatoms. The molecule has 0 saturated heterocycles. The predicted molar refractivity (Wildman–Crippen MR) is 157 cm³/mol. The molecule has 4 rings (SSSR count). The molecule has 3 saturated carbocycles. The molecule has 0 bridgehead atoms. The second-order valence-electron chi connectivity index (χ2n) is 14.5. The molecule has 1 amide bonds. The molecule has 3 N–H and O–H groups in total. The standard InChI is InChI=1S/C33H47NO10/c1-19(35)44-33(25(37)17-43-27(39)9-8-26(38)34-18-30(2,3)28(40)29(41)42)15-12-24-22-7-6-20-16-21(36)10-13-31(20,4)23(22)11-14-32(24,33)5/h16,22-24,28,40H,6-15,17-18H2,1-5H3,(H,34,38)(H,41,42)/t22?,23?,24?,28?,31-,32-,33-/m0/s1. The maximum absolute atomic E-state index is 13.9. The second kappa shape index (κ2) is 12.4. The Morgan fingerprint density at radius 3 is 2.36 bits per heavy atom. The molecular formula is C33H47NO10. The van der Waals surface area contributed by atoms with Gasteiger partial charge in [0.2, 0.25) is 11.7 Å². The lowest BCUT2D eigenvalue weighted by molar-refractivity contribution is -0.191. The molecule has 0 spiro atoms. The fourth-order valence-corrected chi connectivity index (χ4v) is 8.88. The van der Waals surface area contributed by atoms with Crippen LogP contribution >= 0.6 is 0 Å². The summed E-state index contributed by atoms with van der Waals surface area (Å²) in [4.78, 5) is 74.3. The van der Waals surface area contributed by atoms with Crippen molar-refractivity contribution in [2.75, 3.05) is 13.2 Å². The maximum Gasteiger partial charge on any atom is 0.333 e. The van der Waals surface area contributed by atoms with Gasteiger partial charge in [-0.1, -0.05) is 33.3 Å². The highest BCUT2D eigenvalue weighted by Gasteiger charge is 2.68. The minimum absolute atomic E-state index is 0.0392. The molecule has 0 aliphatic heterocycles. The number of amides is 1. The Balaban J connectivity index is 1.39. The number of carboxylic acids is 1. The fraction of sp³-hybridized carbons (Fsp3) is 0.758. The van der Waals surface area contributed by atoms with Crippen LogP contribution in [0.1, 0.15) is 98.8 Å². The normalized spacial score (nSPS) is 33.5. The zero-order valence-electron chi connectivity index (χ0n) is 26.5. The number of allylic oxidation sites excluding steroid dienone is 1. The van der Waals surface area contributed by atoms with E-state index in [0.717, 1.165) is 25.7 Å². The van der Waals surface area contributed by atoms with Crippen LogP contribution in [0.15, 0.2) is 11.6 Å². The quantitative estimate of drug-likeness (QED) is 0.292. The number of carboxylic acid groups (broad SMARTS) is 1. The summed E-state index contributed by atoms with van der Waals surface area (Å²) >= 11 is 0. The number of Topliss-reactive ketones (excluding diaryl/α,β-unsaturated/α-hetero) is 1. The van der Waals surface area contributed by atoms with Gasteiger partial charge in [-0.15, -0.1) is 0 Å².